The molecule has 2 aromatic carbocycles. The first-order valence-corrected chi connectivity index (χ1v) is 8.98. The number of hydrogen-bond acceptors (Lipinski definition) is 5. The van der Waals surface area contributed by atoms with Crippen molar-refractivity contribution in [2.75, 3.05) is 13.1 Å². The monoisotopic (exact) mass is 361 g/mol. The quantitative estimate of drug-likeness (QED) is 0.668. The van der Waals surface area contributed by atoms with Crippen molar-refractivity contribution in [3.63, 3.8) is 0 Å². The van der Waals surface area contributed by atoms with E-state index in [4.69, 9.17) is 4.74 Å². The van der Waals surface area contributed by atoms with Gasteiger partial charge in [-0.05, 0) is 31.0 Å². The Morgan fingerprint density at radius 1 is 0.926 bits per heavy atom. The fourth-order valence-electron chi connectivity index (χ4n) is 3.26. The molecular weight excluding hydrogens is 342 g/mol. The number of nitrogens with zero attached hydrogens (tertiary/aromatic N) is 3. The minimum absolute atomic E-state index is 0.173. The summed E-state index contributed by atoms with van der Waals surface area (Å²) in [5.41, 5.74) is 2.32. The standard InChI is InChI=1S/C21H19N3O3/c25-20(24-12-4-5-13-24)19(15-6-2-1-3-7-15)27-21(26)16-8-9-17-18(14-16)23-11-10-22-17/h1-3,6-11,14,19H,4-5,12-13H2/t19-/m1/s1. The van der Waals surface area contributed by atoms with E-state index in [9.17, 15) is 9.59 Å². The number of amides is 1. The normalized spacial score (nSPS) is 14.9. The number of esters is 1. The van der Waals surface area contributed by atoms with E-state index < -0.39 is 12.1 Å². The van der Waals surface area contributed by atoms with Crippen LogP contribution in [0.3, 0.4) is 0 Å². The number of hydrogen-bond donors (Lipinski definition) is 0. The molecule has 1 atom stereocenters. The van der Waals surface area contributed by atoms with Gasteiger partial charge in [-0.15, -0.1) is 0 Å². The lowest BCUT2D eigenvalue weighted by Crippen LogP contribution is -2.34. The van der Waals surface area contributed by atoms with Gasteiger partial charge < -0.3 is 9.64 Å². The van der Waals surface area contributed by atoms with Gasteiger partial charge in [-0.2, -0.15) is 0 Å². The molecular formula is C21H19N3O3. The van der Waals surface area contributed by atoms with Crippen molar-refractivity contribution in [3.8, 4) is 0 Å². The molecule has 0 spiro atoms. The van der Waals surface area contributed by atoms with Crippen molar-refractivity contribution in [1.82, 2.24) is 14.9 Å². The summed E-state index contributed by atoms with van der Waals surface area (Å²) in [5.74, 6) is -0.725. The summed E-state index contributed by atoms with van der Waals surface area (Å²) in [5, 5.41) is 0. The Balaban J connectivity index is 1.61. The summed E-state index contributed by atoms with van der Waals surface area (Å²) in [4.78, 5) is 35.9. The molecule has 4 rings (SSSR count). The van der Waals surface area contributed by atoms with Gasteiger partial charge in [-0.3, -0.25) is 14.8 Å². The summed E-state index contributed by atoms with van der Waals surface area (Å²) >= 11 is 0. The third-order valence-corrected chi connectivity index (χ3v) is 4.67. The van der Waals surface area contributed by atoms with Gasteiger partial charge in [0, 0.05) is 31.0 Å². The molecule has 1 amide bonds. The van der Waals surface area contributed by atoms with E-state index in [0.29, 0.717) is 35.2 Å². The largest absolute Gasteiger partial charge is 0.444 e. The summed E-state index contributed by atoms with van der Waals surface area (Å²) < 4.78 is 5.67. The molecule has 1 aliphatic rings. The number of likely N-dealkylation sites (tertiary alicyclic amines) is 1. The van der Waals surface area contributed by atoms with Crippen molar-refractivity contribution < 1.29 is 14.3 Å². The number of carbonyl (C=O) groups excluding carboxylic acids is 2. The summed E-state index contributed by atoms with van der Waals surface area (Å²) in [6.45, 7) is 1.40. The van der Waals surface area contributed by atoms with E-state index in [-0.39, 0.29) is 5.91 Å². The number of rotatable bonds is 4. The first-order valence-electron chi connectivity index (χ1n) is 8.98. The zero-order valence-electron chi connectivity index (χ0n) is 14.7. The average Bonchev–Trinajstić information content (AvgIpc) is 3.26. The number of ether oxygens (including phenoxy) is 1. The molecule has 6 nitrogen and oxygen atoms in total. The predicted octanol–water partition coefficient (Wildman–Crippen LogP) is 3.15. The molecule has 6 heteroatoms. The molecule has 0 aliphatic carbocycles. The van der Waals surface area contributed by atoms with Gasteiger partial charge in [0.05, 0.1) is 16.6 Å². The Hall–Kier alpha value is -3.28. The maximum Gasteiger partial charge on any atom is 0.339 e. The fourth-order valence-corrected chi connectivity index (χ4v) is 3.26. The molecule has 0 unspecified atom stereocenters. The minimum atomic E-state index is -0.950. The number of carbonyl (C=O) groups is 2. The topological polar surface area (TPSA) is 72.4 Å². The Morgan fingerprint density at radius 3 is 2.37 bits per heavy atom. The first-order chi connectivity index (χ1) is 13.2. The van der Waals surface area contributed by atoms with Crippen molar-refractivity contribution in [2.24, 2.45) is 0 Å². The number of benzene rings is 2. The van der Waals surface area contributed by atoms with E-state index in [1.807, 2.05) is 18.2 Å². The lowest BCUT2D eigenvalue weighted by Gasteiger charge is -2.23. The van der Waals surface area contributed by atoms with Gasteiger partial charge in [0.15, 0.2) is 0 Å². The van der Waals surface area contributed by atoms with Crippen LogP contribution in [0, 0.1) is 0 Å². The molecule has 27 heavy (non-hydrogen) atoms. The molecule has 1 fully saturated rings. The minimum Gasteiger partial charge on any atom is -0.444 e. The summed E-state index contributed by atoms with van der Waals surface area (Å²) in [7, 11) is 0. The molecule has 0 radical (unpaired) electrons. The van der Waals surface area contributed by atoms with Crippen molar-refractivity contribution >= 4 is 22.9 Å². The average molecular weight is 361 g/mol. The van der Waals surface area contributed by atoms with Crippen molar-refractivity contribution in [2.45, 2.75) is 18.9 Å². The van der Waals surface area contributed by atoms with Gasteiger partial charge >= 0.3 is 5.97 Å². The second-order valence-corrected chi connectivity index (χ2v) is 6.49. The Labute approximate surface area is 156 Å². The number of aromatic nitrogens is 2. The van der Waals surface area contributed by atoms with E-state index in [1.54, 1.807) is 47.6 Å². The molecule has 0 saturated carbocycles. The van der Waals surface area contributed by atoms with Crippen LogP contribution in [0.25, 0.3) is 11.0 Å². The molecule has 1 saturated heterocycles. The maximum absolute atomic E-state index is 13.0. The van der Waals surface area contributed by atoms with Gasteiger partial charge in [0.2, 0.25) is 6.10 Å². The Kier molecular flexibility index (Phi) is 4.78. The van der Waals surface area contributed by atoms with Crippen LogP contribution in [0.4, 0.5) is 0 Å². The predicted molar refractivity (Wildman–Crippen MR) is 100.0 cm³/mol. The van der Waals surface area contributed by atoms with Gasteiger partial charge in [-0.1, -0.05) is 30.3 Å². The summed E-state index contributed by atoms with van der Waals surface area (Å²) in [6.07, 6.45) is 4.17. The highest BCUT2D eigenvalue weighted by Gasteiger charge is 2.31. The lowest BCUT2D eigenvalue weighted by molar-refractivity contribution is -0.140. The van der Waals surface area contributed by atoms with Crippen molar-refractivity contribution in [1.29, 1.82) is 0 Å². The van der Waals surface area contributed by atoms with Crippen LogP contribution in [-0.4, -0.2) is 39.8 Å². The molecule has 2 heterocycles. The van der Waals surface area contributed by atoms with Crippen LogP contribution >= 0.6 is 0 Å². The highest BCUT2D eigenvalue weighted by molar-refractivity contribution is 5.95. The SMILES string of the molecule is O=C(O[C@@H](C(=O)N1CCCC1)c1ccccc1)c1ccc2nccnc2c1. The van der Waals surface area contributed by atoms with E-state index in [1.165, 1.54) is 0 Å². The second kappa shape index (κ2) is 7.53. The smallest absolute Gasteiger partial charge is 0.339 e. The van der Waals surface area contributed by atoms with Crippen LogP contribution < -0.4 is 0 Å². The number of fused-ring (bicyclic) bond motifs is 1. The third kappa shape index (κ3) is 3.65. The lowest BCUT2D eigenvalue weighted by atomic mass is 10.1. The second-order valence-electron chi connectivity index (χ2n) is 6.49. The van der Waals surface area contributed by atoms with Gasteiger partial charge in [0.1, 0.15) is 0 Å². The van der Waals surface area contributed by atoms with Gasteiger partial charge in [-0.25, -0.2) is 4.79 Å². The van der Waals surface area contributed by atoms with E-state index in [2.05, 4.69) is 9.97 Å². The van der Waals surface area contributed by atoms with Gasteiger partial charge in [0.25, 0.3) is 5.91 Å². The van der Waals surface area contributed by atoms with Crippen LogP contribution in [0.2, 0.25) is 0 Å². The molecule has 3 aromatic rings. The Morgan fingerprint density at radius 2 is 1.63 bits per heavy atom. The first kappa shape index (κ1) is 17.1. The third-order valence-electron chi connectivity index (χ3n) is 4.67. The summed E-state index contributed by atoms with van der Waals surface area (Å²) in [6, 6.07) is 14.1. The zero-order chi connectivity index (χ0) is 18.6. The molecule has 1 aliphatic heterocycles. The highest BCUT2D eigenvalue weighted by atomic mass is 16.5. The highest BCUT2D eigenvalue weighted by Crippen LogP contribution is 2.24. The molecule has 136 valence electrons. The van der Waals surface area contributed by atoms with E-state index >= 15 is 0 Å². The van der Waals surface area contributed by atoms with Crippen LogP contribution in [0.1, 0.15) is 34.9 Å². The fraction of sp³-hybridized carbons (Fsp3) is 0.238. The Bertz CT molecular complexity index is 969. The van der Waals surface area contributed by atoms with Crippen molar-refractivity contribution in [3.05, 3.63) is 72.1 Å². The maximum atomic E-state index is 13.0. The zero-order valence-corrected chi connectivity index (χ0v) is 14.7. The van der Waals surface area contributed by atoms with Crippen LogP contribution in [-0.2, 0) is 9.53 Å². The van der Waals surface area contributed by atoms with Crippen LogP contribution in [0.15, 0.2) is 60.9 Å². The van der Waals surface area contributed by atoms with Crippen LogP contribution in [0.5, 0.6) is 0 Å². The molecule has 1 aromatic heterocycles. The van der Waals surface area contributed by atoms with E-state index in [0.717, 1.165) is 12.8 Å². The molecule has 0 N–H and O–H groups in total. The molecule has 0 bridgehead atoms.